The fourth-order valence-electron chi connectivity index (χ4n) is 2.76. The quantitative estimate of drug-likeness (QED) is 0.831. The van der Waals surface area contributed by atoms with E-state index in [4.69, 9.17) is 4.52 Å². The second-order valence-electron chi connectivity index (χ2n) is 5.68. The molecule has 0 aliphatic heterocycles. The summed E-state index contributed by atoms with van der Waals surface area (Å²) in [6.45, 7) is 3.69. The Balaban J connectivity index is 1.71. The molecule has 2 N–H and O–H groups in total. The number of aryl methyl sites for hydroxylation is 2. The summed E-state index contributed by atoms with van der Waals surface area (Å²) < 4.78 is 5.05. The molecule has 0 bridgehead atoms. The lowest BCUT2D eigenvalue weighted by Crippen LogP contribution is -2.45. The van der Waals surface area contributed by atoms with Gasteiger partial charge < -0.3 is 4.52 Å². The van der Waals surface area contributed by atoms with Gasteiger partial charge in [0, 0.05) is 17.9 Å². The van der Waals surface area contributed by atoms with Crippen molar-refractivity contribution in [2.24, 2.45) is 5.92 Å². The lowest BCUT2D eigenvalue weighted by molar-refractivity contribution is -0.131. The minimum atomic E-state index is -0.195. The summed E-state index contributed by atoms with van der Waals surface area (Å²) in [5.74, 6) is 0.521. The van der Waals surface area contributed by atoms with Crippen LogP contribution in [0.5, 0.6) is 0 Å². The van der Waals surface area contributed by atoms with Crippen molar-refractivity contribution < 1.29 is 14.1 Å². The van der Waals surface area contributed by atoms with Crippen LogP contribution in [-0.4, -0.2) is 17.0 Å². The van der Waals surface area contributed by atoms with Gasteiger partial charge in [-0.25, -0.2) is 0 Å². The van der Waals surface area contributed by atoms with Gasteiger partial charge in [-0.2, -0.15) is 0 Å². The molecule has 1 aromatic heterocycles. The minimum absolute atomic E-state index is 0.0432. The Morgan fingerprint density at radius 2 is 1.90 bits per heavy atom. The molecule has 2 rings (SSSR count). The van der Waals surface area contributed by atoms with Gasteiger partial charge in [-0.05, 0) is 33.1 Å². The van der Waals surface area contributed by atoms with Gasteiger partial charge in [0.2, 0.25) is 11.8 Å². The van der Waals surface area contributed by atoms with E-state index in [2.05, 4.69) is 16.0 Å². The molecule has 1 aliphatic carbocycles. The molecule has 1 aromatic rings. The van der Waals surface area contributed by atoms with Crippen LogP contribution in [0.4, 0.5) is 0 Å². The molecular weight excluding hydrogens is 270 g/mol. The summed E-state index contributed by atoms with van der Waals surface area (Å²) in [5, 5.41) is 3.85. The maximum absolute atomic E-state index is 11.9. The predicted octanol–water partition coefficient (Wildman–Crippen LogP) is 1.95. The Morgan fingerprint density at radius 1 is 1.19 bits per heavy atom. The first-order chi connectivity index (χ1) is 10.1. The van der Waals surface area contributed by atoms with Crippen LogP contribution in [0, 0.1) is 19.8 Å². The number of hydrogen-bond acceptors (Lipinski definition) is 4. The number of nitrogens with one attached hydrogen (secondary N) is 2. The largest absolute Gasteiger partial charge is 0.361 e. The molecule has 21 heavy (non-hydrogen) atoms. The maximum atomic E-state index is 11.9. The summed E-state index contributed by atoms with van der Waals surface area (Å²) in [6.07, 6.45) is 6.09. The molecule has 6 heteroatoms. The number of hydrogen-bond donors (Lipinski definition) is 2. The van der Waals surface area contributed by atoms with Gasteiger partial charge in [-0.15, -0.1) is 0 Å². The molecule has 1 saturated carbocycles. The fraction of sp³-hybridized carbons (Fsp3) is 0.667. The molecule has 0 unspecified atom stereocenters. The Labute approximate surface area is 124 Å². The van der Waals surface area contributed by atoms with E-state index >= 15 is 0 Å². The van der Waals surface area contributed by atoms with Gasteiger partial charge in [-0.3, -0.25) is 20.4 Å². The van der Waals surface area contributed by atoms with Crippen molar-refractivity contribution in [2.75, 3.05) is 0 Å². The second kappa shape index (κ2) is 7.24. The molecule has 0 radical (unpaired) electrons. The second-order valence-corrected chi connectivity index (χ2v) is 5.68. The molecule has 1 fully saturated rings. The fourth-order valence-corrected chi connectivity index (χ4v) is 2.76. The topological polar surface area (TPSA) is 84.2 Å². The summed E-state index contributed by atoms with van der Waals surface area (Å²) in [6, 6.07) is 0. The molecule has 0 atom stereocenters. The van der Waals surface area contributed by atoms with E-state index in [0.29, 0.717) is 12.8 Å². The summed E-state index contributed by atoms with van der Waals surface area (Å²) in [7, 11) is 0. The molecule has 0 saturated heterocycles. The van der Waals surface area contributed by atoms with Gasteiger partial charge in [0.1, 0.15) is 5.76 Å². The van der Waals surface area contributed by atoms with Crippen LogP contribution in [0.3, 0.4) is 0 Å². The third-order valence-electron chi connectivity index (χ3n) is 4.08. The number of nitrogens with zero attached hydrogens (tertiary/aromatic N) is 1. The van der Waals surface area contributed by atoms with E-state index in [-0.39, 0.29) is 17.7 Å². The molecule has 1 heterocycles. The zero-order valence-corrected chi connectivity index (χ0v) is 12.7. The number of aromatic nitrogens is 1. The molecule has 116 valence electrons. The first-order valence-corrected chi connectivity index (χ1v) is 7.58. The summed E-state index contributed by atoms with van der Waals surface area (Å²) >= 11 is 0. The third kappa shape index (κ3) is 4.31. The number of carbonyl (C=O) groups excluding carboxylic acids is 2. The molecule has 0 aromatic carbocycles. The van der Waals surface area contributed by atoms with Crippen molar-refractivity contribution in [3.05, 3.63) is 17.0 Å². The van der Waals surface area contributed by atoms with Gasteiger partial charge in [0.05, 0.1) is 5.69 Å². The first kappa shape index (κ1) is 15.5. The van der Waals surface area contributed by atoms with Gasteiger partial charge in [0.25, 0.3) is 0 Å². The van der Waals surface area contributed by atoms with Crippen LogP contribution >= 0.6 is 0 Å². The zero-order chi connectivity index (χ0) is 15.2. The van der Waals surface area contributed by atoms with Crippen LogP contribution in [0.1, 0.15) is 55.5 Å². The summed E-state index contributed by atoms with van der Waals surface area (Å²) in [5.41, 5.74) is 6.80. The van der Waals surface area contributed by atoms with E-state index < -0.39 is 0 Å². The lowest BCUT2D eigenvalue weighted by Gasteiger charge is -2.20. The summed E-state index contributed by atoms with van der Waals surface area (Å²) in [4.78, 5) is 23.7. The molecular formula is C15H23N3O3. The molecule has 6 nitrogen and oxygen atoms in total. The smallest absolute Gasteiger partial charge is 0.241 e. The molecule has 2 amide bonds. The van der Waals surface area contributed by atoms with E-state index in [1.54, 1.807) is 0 Å². The number of hydrazine groups is 1. The Hall–Kier alpha value is -1.85. The van der Waals surface area contributed by atoms with Crippen LogP contribution in [0.25, 0.3) is 0 Å². The Morgan fingerprint density at radius 3 is 2.52 bits per heavy atom. The maximum Gasteiger partial charge on any atom is 0.241 e. The van der Waals surface area contributed by atoms with E-state index in [9.17, 15) is 9.59 Å². The van der Waals surface area contributed by atoms with E-state index in [1.165, 1.54) is 6.42 Å². The van der Waals surface area contributed by atoms with Crippen LogP contribution < -0.4 is 10.9 Å². The zero-order valence-electron chi connectivity index (χ0n) is 12.7. The number of rotatable bonds is 4. The standard InChI is InChI=1S/C15H23N3O3/c1-10-13(11(2)21-18-10)8-9-14(19)16-17-15(20)12-6-4-3-5-7-12/h12H,3-9H2,1-2H3,(H,16,19)(H,17,20). The molecule has 0 spiro atoms. The average Bonchev–Trinajstić information content (AvgIpc) is 2.82. The minimum Gasteiger partial charge on any atom is -0.361 e. The van der Waals surface area contributed by atoms with Crippen molar-refractivity contribution in [1.29, 1.82) is 0 Å². The SMILES string of the molecule is Cc1noc(C)c1CCC(=O)NNC(=O)C1CCCCC1. The first-order valence-electron chi connectivity index (χ1n) is 7.58. The van der Waals surface area contributed by atoms with Crippen molar-refractivity contribution in [3.63, 3.8) is 0 Å². The monoisotopic (exact) mass is 293 g/mol. The van der Waals surface area contributed by atoms with E-state index in [0.717, 1.165) is 42.7 Å². The van der Waals surface area contributed by atoms with Crippen LogP contribution in [-0.2, 0) is 16.0 Å². The van der Waals surface area contributed by atoms with Gasteiger partial charge in [-0.1, -0.05) is 24.4 Å². The van der Waals surface area contributed by atoms with E-state index in [1.807, 2.05) is 13.8 Å². The average molecular weight is 293 g/mol. The van der Waals surface area contributed by atoms with Crippen molar-refractivity contribution in [3.8, 4) is 0 Å². The Bertz CT molecular complexity index is 485. The Kier molecular flexibility index (Phi) is 5.36. The molecule has 1 aliphatic rings. The van der Waals surface area contributed by atoms with Gasteiger partial charge >= 0.3 is 0 Å². The highest BCUT2D eigenvalue weighted by atomic mass is 16.5. The number of amides is 2. The lowest BCUT2D eigenvalue weighted by atomic mass is 9.89. The van der Waals surface area contributed by atoms with Crippen LogP contribution in [0.15, 0.2) is 4.52 Å². The van der Waals surface area contributed by atoms with Crippen molar-refractivity contribution in [1.82, 2.24) is 16.0 Å². The number of carbonyl (C=O) groups is 2. The third-order valence-corrected chi connectivity index (χ3v) is 4.08. The predicted molar refractivity (Wildman–Crippen MR) is 77.2 cm³/mol. The highest BCUT2D eigenvalue weighted by molar-refractivity contribution is 5.83. The van der Waals surface area contributed by atoms with Crippen molar-refractivity contribution in [2.45, 2.75) is 58.8 Å². The van der Waals surface area contributed by atoms with Gasteiger partial charge in [0.15, 0.2) is 0 Å². The highest BCUT2D eigenvalue weighted by Gasteiger charge is 2.21. The highest BCUT2D eigenvalue weighted by Crippen LogP contribution is 2.23. The normalized spacial score (nSPS) is 15.7. The van der Waals surface area contributed by atoms with Crippen LogP contribution in [0.2, 0.25) is 0 Å². The van der Waals surface area contributed by atoms with Crippen molar-refractivity contribution >= 4 is 11.8 Å².